The quantitative estimate of drug-likeness (QED) is 0.689. The molecule has 2 heterocycles. The average molecular weight is 429 g/mol. The first-order chi connectivity index (χ1) is 15.0. The predicted octanol–water partition coefficient (Wildman–Crippen LogP) is 3.86. The van der Waals surface area contributed by atoms with Gasteiger partial charge in [0.05, 0.1) is 18.0 Å². The van der Waals surface area contributed by atoms with Crippen molar-refractivity contribution in [2.24, 2.45) is 0 Å². The van der Waals surface area contributed by atoms with Crippen LogP contribution in [0, 0.1) is 5.82 Å². The van der Waals surface area contributed by atoms with Crippen LogP contribution in [0.1, 0.15) is 48.4 Å². The van der Waals surface area contributed by atoms with Gasteiger partial charge in [-0.15, -0.1) is 0 Å². The van der Waals surface area contributed by atoms with Crippen molar-refractivity contribution in [3.63, 3.8) is 0 Å². The first-order valence-electron chi connectivity index (χ1n) is 10.6. The van der Waals surface area contributed by atoms with E-state index in [4.69, 9.17) is 14.5 Å². The Morgan fingerprint density at radius 3 is 2.68 bits per heavy atom. The number of aryl methyl sites for hydroxylation is 1. The van der Waals surface area contributed by atoms with E-state index in [9.17, 15) is 14.0 Å². The van der Waals surface area contributed by atoms with E-state index in [1.165, 1.54) is 24.3 Å². The third kappa shape index (κ3) is 5.79. The number of amides is 2. The van der Waals surface area contributed by atoms with Gasteiger partial charge in [-0.3, -0.25) is 9.78 Å². The Morgan fingerprint density at radius 2 is 1.97 bits per heavy atom. The van der Waals surface area contributed by atoms with Gasteiger partial charge in [-0.1, -0.05) is 6.92 Å². The van der Waals surface area contributed by atoms with Gasteiger partial charge in [0.1, 0.15) is 12.0 Å². The van der Waals surface area contributed by atoms with Crippen molar-refractivity contribution in [2.45, 2.75) is 45.8 Å². The van der Waals surface area contributed by atoms with Crippen molar-refractivity contribution in [2.75, 3.05) is 24.7 Å². The van der Waals surface area contributed by atoms with Crippen LogP contribution in [-0.4, -0.2) is 43.0 Å². The van der Waals surface area contributed by atoms with Gasteiger partial charge in [0, 0.05) is 30.8 Å². The second-order valence-corrected chi connectivity index (χ2v) is 7.21. The molecule has 0 saturated heterocycles. The number of benzene rings is 1. The molecular formula is C23H28FN3O4. The van der Waals surface area contributed by atoms with Crippen LogP contribution in [0.4, 0.5) is 14.9 Å². The number of aromatic nitrogens is 1. The van der Waals surface area contributed by atoms with Gasteiger partial charge in [0.2, 0.25) is 0 Å². The van der Waals surface area contributed by atoms with Gasteiger partial charge < -0.3 is 14.8 Å². The molecular weight excluding hydrogens is 401 g/mol. The second kappa shape index (κ2) is 10.9. The molecule has 8 heteroatoms. The Balaban J connectivity index is 1.65. The number of hydrogen-bond acceptors (Lipinski definition) is 5. The molecule has 1 aliphatic rings. The summed E-state index contributed by atoms with van der Waals surface area (Å²) in [5.74, 6) is -0.642. The van der Waals surface area contributed by atoms with Crippen LogP contribution in [0.2, 0.25) is 0 Å². The van der Waals surface area contributed by atoms with Crippen LogP contribution in [0.3, 0.4) is 0 Å². The number of carbonyl (C=O) groups is 2. The van der Waals surface area contributed by atoms with E-state index in [-0.39, 0.29) is 24.6 Å². The molecule has 1 N–H and O–H groups in total. The Morgan fingerprint density at radius 1 is 1.19 bits per heavy atom. The molecule has 0 fully saturated rings. The lowest BCUT2D eigenvalue weighted by Crippen LogP contribution is -2.46. The van der Waals surface area contributed by atoms with Crippen molar-refractivity contribution in [1.82, 2.24) is 10.3 Å². The summed E-state index contributed by atoms with van der Waals surface area (Å²) in [6.45, 7) is 5.03. The first kappa shape index (κ1) is 22.7. The molecule has 1 aliphatic heterocycles. The van der Waals surface area contributed by atoms with Crippen molar-refractivity contribution >= 4 is 17.7 Å². The molecule has 166 valence electrons. The molecule has 1 aromatic heterocycles. The fourth-order valence-electron chi connectivity index (χ4n) is 3.45. The Bertz CT molecular complexity index is 904. The minimum Gasteiger partial charge on any atom is -0.449 e. The van der Waals surface area contributed by atoms with E-state index in [0.717, 1.165) is 17.8 Å². The Hall–Kier alpha value is -3.00. The summed E-state index contributed by atoms with van der Waals surface area (Å²) in [5, 5.41) is 2.82. The van der Waals surface area contributed by atoms with Crippen LogP contribution in [-0.2, 0) is 22.3 Å². The summed E-state index contributed by atoms with van der Waals surface area (Å²) in [7, 11) is 0. The van der Waals surface area contributed by atoms with Crippen LogP contribution in [0.15, 0.2) is 36.4 Å². The molecule has 0 radical (unpaired) electrons. The lowest BCUT2D eigenvalue weighted by atomic mass is 10.1. The minimum atomic E-state index is -0.439. The Kier molecular flexibility index (Phi) is 7.94. The van der Waals surface area contributed by atoms with E-state index in [2.05, 4.69) is 5.32 Å². The summed E-state index contributed by atoms with van der Waals surface area (Å²) >= 11 is 0. The highest BCUT2D eigenvalue weighted by Crippen LogP contribution is 2.31. The maximum atomic E-state index is 13.0. The topological polar surface area (TPSA) is 80.8 Å². The summed E-state index contributed by atoms with van der Waals surface area (Å²) in [5.41, 5.74) is 2.73. The number of rotatable bonds is 8. The van der Waals surface area contributed by atoms with Gasteiger partial charge in [0.25, 0.3) is 5.91 Å². The van der Waals surface area contributed by atoms with Crippen LogP contribution in [0.5, 0.6) is 0 Å². The number of nitrogens with one attached hydrogen (secondary N) is 1. The van der Waals surface area contributed by atoms with Gasteiger partial charge in [0.15, 0.2) is 0 Å². The van der Waals surface area contributed by atoms with Crippen molar-refractivity contribution < 1.29 is 23.5 Å². The molecule has 7 nitrogen and oxygen atoms in total. The van der Waals surface area contributed by atoms with Gasteiger partial charge in [-0.25, -0.2) is 14.1 Å². The summed E-state index contributed by atoms with van der Waals surface area (Å²) in [6.07, 6.45) is 1.93. The van der Waals surface area contributed by atoms with E-state index >= 15 is 0 Å². The molecule has 1 aromatic carbocycles. The van der Waals surface area contributed by atoms with Gasteiger partial charge in [-0.05, 0) is 62.6 Å². The highest BCUT2D eigenvalue weighted by atomic mass is 19.1. The maximum absolute atomic E-state index is 13.0. The summed E-state index contributed by atoms with van der Waals surface area (Å²) < 4.78 is 24.1. The number of fused-ring (bicyclic) bond motifs is 1. The van der Waals surface area contributed by atoms with Crippen molar-refractivity contribution in [3.05, 3.63) is 59.2 Å². The maximum Gasteiger partial charge on any atom is 0.416 e. The summed E-state index contributed by atoms with van der Waals surface area (Å²) in [4.78, 5) is 30.9. The second-order valence-electron chi connectivity index (χ2n) is 7.21. The molecule has 0 aliphatic carbocycles. The number of anilines is 1. The van der Waals surface area contributed by atoms with Crippen LogP contribution in [0.25, 0.3) is 0 Å². The van der Waals surface area contributed by atoms with E-state index in [1.54, 1.807) is 11.8 Å². The number of halogens is 1. The van der Waals surface area contributed by atoms with Crippen LogP contribution < -0.4 is 10.2 Å². The molecule has 0 spiro atoms. The molecule has 31 heavy (non-hydrogen) atoms. The zero-order valence-electron chi connectivity index (χ0n) is 17.9. The SMILES string of the molecule is CCCOC1CCc2nc(CCNC(=O)c3ccc(F)cc3)ccc2N1C(=O)OCC. The third-order valence-electron chi connectivity index (χ3n) is 4.94. The molecule has 2 aromatic rings. The number of nitrogens with zero attached hydrogens (tertiary/aromatic N) is 2. The molecule has 1 atom stereocenters. The minimum absolute atomic E-state index is 0.262. The molecule has 3 rings (SSSR count). The zero-order valence-corrected chi connectivity index (χ0v) is 17.9. The largest absolute Gasteiger partial charge is 0.449 e. The summed E-state index contributed by atoms with van der Waals surface area (Å²) in [6, 6.07) is 9.11. The third-order valence-corrected chi connectivity index (χ3v) is 4.94. The first-order valence-corrected chi connectivity index (χ1v) is 10.6. The molecule has 0 bridgehead atoms. The monoisotopic (exact) mass is 429 g/mol. The molecule has 0 saturated carbocycles. The standard InChI is InChI=1S/C23H28FN3O4/c1-3-15-31-21-12-10-19-20(27(21)23(29)30-4-2)11-9-18(26-19)13-14-25-22(28)16-5-7-17(24)8-6-16/h5-9,11,21H,3-4,10,12-15H2,1-2H3,(H,25,28). The van der Waals surface area contributed by atoms with E-state index < -0.39 is 6.09 Å². The van der Waals surface area contributed by atoms with Gasteiger partial charge >= 0.3 is 6.09 Å². The number of pyridine rings is 1. The van der Waals surface area contributed by atoms with Crippen molar-refractivity contribution in [1.29, 1.82) is 0 Å². The Labute approximate surface area is 181 Å². The number of hydrogen-bond donors (Lipinski definition) is 1. The van der Waals surface area contributed by atoms with Gasteiger partial charge in [-0.2, -0.15) is 0 Å². The lowest BCUT2D eigenvalue weighted by Gasteiger charge is -2.35. The van der Waals surface area contributed by atoms with Crippen LogP contribution >= 0.6 is 0 Å². The number of ether oxygens (including phenoxy) is 2. The fourth-order valence-corrected chi connectivity index (χ4v) is 3.45. The highest BCUT2D eigenvalue weighted by molar-refractivity contribution is 5.94. The average Bonchev–Trinajstić information content (AvgIpc) is 2.77. The predicted molar refractivity (Wildman–Crippen MR) is 115 cm³/mol. The lowest BCUT2D eigenvalue weighted by molar-refractivity contribution is 0.0385. The van der Waals surface area contributed by atoms with E-state index in [1.807, 2.05) is 19.1 Å². The fraction of sp³-hybridized carbons (Fsp3) is 0.435. The molecule has 1 unspecified atom stereocenters. The van der Waals surface area contributed by atoms with Crippen molar-refractivity contribution in [3.8, 4) is 0 Å². The molecule has 2 amide bonds. The smallest absolute Gasteiger partial charge is 0.416 e. The highest BCUT2D eigenvalue weighted by Gasteiger charge is 2.33. The van der Waals surface area contributed by atoms with E-state index in [0.29, 0.717) is 43.7 Å². The zero-order chi connectivity index (χ0) is 22.2. The normalized spacial score (nSPS) is 15.3. The number of carbonyl (C=O) groups excluding carboxylic acids is 2.